The lowest BCUT2D eigenvalue weighted by atomic mass is 9.93. The van der Waals surface area contributed by atoms with Crippen molar-refractivity contribution in [2.75, 3.05) is 18.0 Å². The average Bonchev–Trinajstić information content (AvgIpc) is 2.94. The molecule has 6 heteroatoms. The Bertz CT molecular complexity index is 650. The van der Waals surface area contributed by atoms with Gasteiger partial charge in [-0.15, -0.1) is 0 Å². The first-order valence-corrected chi connectivity index (χ1v) is 6.66. The number of aromatic nitrogens is 2. The highest BCUT2D eigenvalue weighted by molar-refractivity contribution is 5.73. The summed E-state index contributed by atoms with van der Waals surface area (Å²) in [5, 5.41) is 9.41. The van der Waals surface area contributed by atoms with Crippen LogP contribution in [0.5, 0.6) is 0 Å². The molecule has 21 heavy (non-hydrogen) atoms. The average molecular weight is 287 g/mol. The third kappa shape index (κ3) is 2.56. The van der Waals surface area contributed by atoms with Crippen molar-refractivity contribution in [1.82, 2.24) is 9.97 Å². The van der Waals surface area contributed by atoms with Crippen LogP contribution in [-0.2, 0) is 4.79 Å². The molecule has 1 fully saturated rings. The smallest absolute Gasteiger partial charge is 0.309 e. The van der Waals surface area contributed by atoms with Gasteiger partial charge in [-0.05, 0) is 24.3 Å². The zero-order valence-corrected chi connectivity index (χ0v) is 11.2. The highest BCUT2D eigenvalue weighted by atomic mass is 19.1. The van der Waals surface area contributed by atoms with Crippen LogP contribution in [0.1, 0.15) is 11.6 Å². The van der Waals surface area contributed by atoms with E-state index in [1.54, 1.807) is 23.2 Å². The number of nitrogens with zero attached hydrogens (tertiary/aromatic N) is 3. The number of aliphatic carboxylic acids is 1. The second-order valence-electron chi connectivity index (χ2n) is 5.02. The lowest BCUT2D eigenvalue weighted by Crippen LogP contribution is -2.24. The van der Waals surface area contributed by atoms with Gasteiger partial charge in [0, 0.05) is 37.1 Å². The molecule has 2 aromatic heterocycles. The summed E-state index contributed by atoms with van der Waals surface area (Å²) in [6.07, 6.45) is 3.14. The highest BCUT2D eigenvalue weighted by Crippen LogP contribution is 2.34. The minimum Gasteiger partial charge on any atom is -0.481 e. The van der Waals surface area contributed by atoms with Gasteiger partial charge >= 0.3 is 5.97 Å². The monoisotopic (exact) mass is 287 g/mol. The van der Waals surface area contributed by atoms with Crippen molar-refractivity contribution in [2.24, 2.45) is 5.92 Å². The van der Waals surface area contributed by atoms with Crippen molar-refractivity contribution in [1.29, 1.82) is 0 Å². The predicted molar refractivity (Wildman–Crippen MR) is 74.5 cm³/mol. The summed E-state index contributed by atoms with van der Waals surface area (Å²) in [7, 11) is 0. The molecule has 1 saturated heterocycles. The molecule has 0 radical (unpaired) electrons. The summed E-state index contributed by atoms with van der Waals surface area (Å²) in [5.74, 6) is -2.04. The first kappa shape index (κ1) is 13.5. The van der Waals surface area contributed by atoms with Crippen LogP contribution < -0.4 is 4.90 Å². The van der Waals surface area contributed by atoms with Gasteiger partial charge in [-0.1, -0.05) is 6.07 Å². The van der Waals surface area contributed by atoms with Crippen molar-refractivity contribution in [2.45, 2.75) is 5.92 Å². The normalized spacial score (nSPS) is 21.5. The zero-order valence-electron chi connectivity index (χ0n) is 11.2. The van der Waals surface area contributed by atoms with Gasteiger partial charge in [0.15, 0.2) is 11.6 Å². The Labute approximate surface area is 121 Å². The van der Waals surface area contributed by atoms with Crippen LogP contribution in [0, 0.1) is 11.7 Å². The van der Waals surface area contributed by atoms with Crippen LogP contribution in [0.3, 0.4) is 0 Å². The summed E-state index contributed by atoms with van der Waals surface area (Å²) < 4.78 is 13.8. The Balaban J connectivity index is 1.92. The second-order valence-corrected chi connectivity index (χ2v) is 5.02. The molecule has 0 bridgehead atoms. The Kier molecular flexibility index (Phi) is 3.51. The number of hydrogen-bond donors (Lipinski definition) is 1. The van der Waals surface area contributed by atoms with Gasteiger partial charge in [-0.2, -0.15) is 0 Å². The van der Waals surface area contributed by atoms with Gasteiger partial charge in [-0.3, -0.25) is 9.78 Å². The van der Waals surface area contributed by atoms with E-state index in [9.17, 15) is 14.3 Å². The van der Waals surface area contributed by atoms with Gasteiger partial charge in [0.05, 0.1) is 5.92 Å². The van der Waals surface area contributed by atoms with Crippen molar-refractivity contribution >= 4 is 11.8 Å². The fraction of sp³-hybridized carbons (Fsp3) is 0.267. The molecule has 0 amide bonds. The number of pyridine rings is 2. The van der Waals surface area contributed by atoms with Crippen LogP contribution >= 0.6 is 0 Å². The van der Waals surface area contributed by atoms with Crippen LogP contribution in [0.15, 0.2) is 42.7 Å². The Hall–Kier alpha value is -2.50. The zero-order chi connectivity index (χ0) is 14.8. The highest BCUT2D eigenvalue weighted by Gasteiger charge is 2.40. The second kappa shape index (κ2) is 5.47. The van der Waals surface area contributed by atoms with Crippen LogP contribution in [0.2, 0.25) is 0 Å². The van der Waals surface area contributed by atoms with Crippen molar-refractivity contribution in [3.8, 4) is 0 Å². The van der Waals surface area contributed by atoms with E-state index in [1.807, 2.05) is 6.07 Å². The maximum atomic E-state index is 13.8. The van der Waals surface area contributed by atoms with E-state index in [1.165, 1.54) is 18.3 Å². The van der Waals surface area contributed by atoms with Crippen molar-refractivity contribution in [3.63, 3.8) is 0 Å². The fourth-order valence-corrected chi connectivity index (χ4v) is 2.73. The molecule has 3 rings (SSSR count). The SMILES string of the molecule is O=C(O)[C@@H]1CN(c2ncccc2F)C[C@H]1c1ccccn1. The number of carbonyl (C=O) groups is 1. The molecule has 1 aliphatic rings. The molecular formula is C15H14FN3O2. The molecule has 0 spiro atoms. The number of hydrogen-bond acceptors (Lipinski definition) is 4. The van der Waals surface area contributed by atoms with E-state index in [0.717, 1.165) is 0 Å². The number of anilines is 1. The predicted octanol–water partition coefficient (Wildman–Crippen LogP) is 1.92. The van der Waals surface area contributed by atoms with Gasteiger partial charge in [-0.25, -0.2) is 9.37 Å². The quantitative estimate of drug-likeness (QED) is 0.934. The molecule has 0 unspecified atom stereocenters. The van der Waals surface area contributed by atoms with Gasteiger partial charge in [0.25, 0.3) is 0 Å². The molecular weight excluding hydrogens is 273 g/mol. The van der Waals surface area contributed by atoms with Crippen molar-refractivity contribution < 1.29 is 14.3 Å². The van der Waals surface area contributed by atoms with E-state index >= 15 is 0 Å². The summed E-state index contributed by atoms with van der Waals surface area (Å²) in [5.41, 5.74) is 0.712. The van der Waals surface area contributed by atoms with Gasteiger partial charge < -0.3 is 10.0 Å². The molecule has 108 valence electrons. The van der Waals surface area contributed by atoms with E-state index < -0.39 is 17.7 Å². The van der Waals surface area contributed by atoms with Gasteiger partial charge in [0.2, 0.25) is 0 Å². The fourth-order valence-electron chi connectivity index (χ4n) is 2.73. The minimum atomic E-state index is -0.899. The number of carboxylic acids is 1. The largest absolute Gasteiger partial charge is 0.481 e. The lowest BCUT2D eigenvalue weighted by molar-refractivity contribution is -0.141. The third-order valence-corrected chi connectivity index (χ3v) is 3.74. The molecule has 0 saturated carbocycles. The van der Waals surface area contributed by atoms with Crippen LogP contribution in [-0.4, -0.2) is 34.1 Å². The maximum absolute atomic E-state index is 13.8. The summed E-state index contributed by atoms with van der Waals surface area (Å²) in [4.78, 5) is 21.4. The first-order chi connectivity index (χ1) is 10.2. The van der Waals surface area contributed by atoms with E-state index in [4.69, 9.17) is 0 Å². The minimum absolute atomic E-state index is 0.196. The molecule has 5 nitrogen and oxygen atoms in total. The molecule has 2 atom stereocenters. The topological polar surface area (TPSA) is 66.3 Å². The van der Waals surface area contributed by atoms with E-state index in [2.05, 4.69) is 9.97 Å². The van der Waals surface area contributed by atoms with Crippen molar-refractivity contribution in [3.05, 3.63) is 54.2 Å². The number of rotatable bonds is 3. The summed E-state index contributed by atoms with van der Waals surface area (Å²) in [6.45, 7) is 0.617. The third-order valence-electron chi connectivity index (χ3n) is 3.74. The molecule has 0 aliphatic carbocycles. The number of halogens is 1. The molecule has 1 N–H and O–H groups in total. The lowest BCUT2D eigenvalue weighted by Gasteiger charge is -2.17. The molecule has 3 heterocycles. The maximum Gasteiger partial charge on any atom is 0.309 e. The van der Waals surface area contributed by atoms with Crippen LogP contribution in [0.25, 0.3) is 0 Å². The molecule has 1 aliphatic heterocycles. The summed E-state index contributed by atoms with van der Waals surface area (Å²) in [6, 6.07) is 8.25. The van der Waals surface area contributed by atoms with E-state index in [0.29, 0.717) is 12.2 Å². The summed E-state index contributed by atoms with van der Waals surface area (Å²) >= 11 is 0. The Morgan fingerprint density at radius 3 is 2.67 bits per heavy atom. The Morgan fingerprint density at radius 2 is 2.00 bits per heavy atom. The number of carboxylic acid groups (broad SMARTS) is 1. The molecule has 0 aromatic carbocycles. The standard InChI is InChI=1S/C15H14FN3O2/c16-12-4-3-7-18-14(12)19-8-10(11(9-19)15(20)21)13-5-1-2-6-17-13/h1-7,10-11H,8-9H2,(H,20,21)/t10-,11-/m1/s1. The molecule has 2 aromatic rings. The Morgan fingerprint density at radius 1 is 1.19 bits per heavy atom. The van der Waals surface area contributed by atoms with E-state index in [-0.39, 0.29) is 18.3 Å². The van der Waals surface area contributed by atoms with Crippen LogP contribution in [0.4, 0.5) is 10.2 Å². The first-order valence-electron chi connectivity index (χ1n) is 6.66. The van der Waals surface area contributed by atoms with Gasteiger partial charge in [0.1, 0.15) is 0 Å².